The molecule has 0 aromatic carbocycles. The van der Waals surface area contributed by atoms with Gasteiger partial charge in [-0.1, -0.05) is 6.92 Å². The van der Waals surface area contributed by atoms with Crippen LogP contribution in [0.25, 0.3) is 0 Å². The molecule has 0 aromatic heterocycles. The predicted molar refractivity (Wildman–Crippen MR) is 67.7 cm³/mol. The number of piperidine rings is 1. The van der Waals surface area contributed by atoms with Crippen LogP contribution in [-0.4, -0.2) is 25.0 Å². The smallest absolute Gasteiger partial charge is 0.224 e. The van der Waals surface area contributed by atoms with Crippen LogP contribution in [0.1, 0.15) is 33.1 Å². The maximum atomic E-state index is 11.9. The molecule has 94 valence electrons. The zero-order chi connectivity index (χ0) is 10.8. The van der Waals surface area contributed by atoms with Gasteiger partial charge in [-0.15, -0.1) is 12.4 Å². The fourth-order valence-electron chi connectivity index (χ4n) is 2.45. The lowest BCUT2D eigenvalue weighted by atomic mass is 9.91. The van der Waals surface area contributed by atoms with Crippen LogP contribution in [-0.2, 0) is 4.79 Å². The lowest BCUT2D eigenvalue weighted by Crippen LogP contribution is -2.47. The van der Waals surface area contributed by atoms with E-state index in [9.17, 15) is 4.79 Å². The topological polar surface area (TPSA) is 41.1 Å². The van der Waals surface area contributed by atoms with Crippen LogP contribution in [0.3, 0.4) is 0 Å². The van der Waals surface area contributed by atoms with E-state index in [2.05, 4.69) is 24.5 Å². The van der Waals surface area contributed by atoms with Crippen molar-refractivity contribution >= 4 is 18.3 Å². The maximum absolute atomic E-state index is 11.9. The van der Waals surface area contributed by atoms with E-state index >= 15 is 0 Å². The second-order valence-corrected chi connectivity index (χ2v) is 5.21. The van der Waals surface area contributed by atoms with Crippen molar-refractivity contribution in [3.63, 3.8) is 0 Å². The number of carbonyl (C=O) groups excluding carboxylic acids is 1. The average Bonchev–Trinajstić information content (AvgIpc) is 2.92. The zero-order valence-electron chi connectivity index (χ0n) is 10.2. The largest absolute Gasteiger partial charge is 0.356 e. The molecule has 2 fully saturated rings. The van der Waals surface area contributed by atoms with Crippen molar-refractivity contribution in [2.45, 2.75) is 39.2 Å². The van der Waals surface area contributed by atoms with Crippen LogP contribution in [0, 0.1) is 17.8 Å². The Morgan fingerprint density at radius 3 is 2.69 bits per heavy atom. The lowest BCUT2D eigenvalue weighted by molar-refractivity contribution is -0.126. The van der Waals surface area contributed by atoms with Gasteiger partial charge in [0.15, 0.2) is 0 Å². The Labute approximate surface area is 104 Å². The summed E-state index contributed by atoms with van der Waals surface area (Å²) in [7, 11) is 0. The molecule has 0 radical (unpaired) electrons. The van der Waals surface area contributed by atoms with Gasteiger partial charge in [-0.3, -0.25) is 4.79 Å². The zero-order valence-corrected chi connectivity index (χ0v) is 11.0. The minimum absolute atomic E-state index is 0. The van der Waals surface area contributed by atoms with Crippen LogP contribution >= 0.6 is 12.4 Å². The Bertz CT molecular complexity index is 247. The summed E-state index contributed by atoms with van der Waals surface area (Å²) in [5.74, 6) is 2.02. The van der Waals surface area contributed by atoms with E-state index < -0.39 is 0 Å². The molecule has 1 aliphatic heterocycles. The van der Waals surface area contributed by atoms with Crippen molar-refractivity contribution in [2.24, 2.45) is 17.8 Å². The average molecular weight is 247 g/mol. The number of hydrogen-bond donors (Lipinski definition) is 2. The minimum atomic E-state index is 0. The summed E-state index contributed by atoms with van der Waals surface area (Å²) in [5.41, 5.74) is 0. The summed E-state index contributed by atoms with van der Waals surface area (Å²) >= 11 is 0. The van der Waals surface area contributed by atoms with E-state index in [-0.39, 0.29) is 24.2 Å². The molecular formula is C12H23ClN2O. The third-order valence-electron chi connectivity index (χ3n) is 3.91. The molecule has 1 aliphatic carbocycles. The highest BCUT2D eigenvalue weighted by atomic mass is 35.5. The fourth-order valence-corrected chi connectivity index (χ4v) is 2.45. The van der Waals surface area contributed by atoms with E-state index in [1.54, 1.807) is 0 Å². The molecule has 4 heteroatoms. The van der Waals surface area contributed by atoms with Gasteiger partial charge in [-0.2, -0.15) is 0 Å². The first-order valence-corrected chi connectivity index (χ1v) is 6.19. The third-order valence-corrected chi connectivity index (χ3v) is 3.91. The Morgan fingerprint density at radius 1 is 1.44 bits per heavy atom. The van der Waals surface area contributed by atoms with Crippen molar-refractivity contribution in [3.8, 4) is 0 Å². The van der Waals surface area contributed by atoms with Gasteiger partial charge in [0.25, 0.3) is 0 Å². The molecule has 1 saturated carbocycles. The SMILES string of the molecule is CC1CC1CNC(=O)[C@@H]1CCCN[C@@H]1C.Cl. The van der Waals surface area contributed by atoms with Gasteiger partial charge in [-0.05, 0) is 44.6 Å². The minimum Gasteiger partial charge on any atom is -0.356 e. The summed E-state index contributed by atoms with van der Waals surface area (Å²) < 4.78 is 0. The highest BCUT2D eigenvalue weighted by Crippen LogP contribution is 2.36. The van der Waals surface area contributed by atoms with Gasteiger partial charge in [0.1, 0.15) is 0 Å². The highest BCUT2D eigenvalue weighted by molar-refractivity contribution is 5.85. The van der Waals surface area contributed by atoms with E-state index in [0.29, 0.717) is 6.04 Å². The monoisotopic (exact) mass is 246 g/mol. The van der Waals surface area contributed by atoms with E-state index in [0.717, 1.165) is 37.8 Å². The molecule has 0 aromatic rings. The second kappa shape index (κ2) is 5.87. The van der Waals surface area contributed by atoms with Crippen molar-refractivity contribution < 1.29 is 4.79 Å². The van der Waals surface area contributed by atoms with E-state index in [4.69, 9.17) is 0 Å². The Kier molecular flexibility index (Phi) is 5.06. The molecule has 2 N–H and O–H groups in total. The molecule has 0 bridgehead atoms. The van der Waals surface area contributed by atoms with Crippen molar-refractivity contribution in [2.75, 3.05) is 13.1 Å². The Balaban J connectivity index is 0.00000128. The predicted octanol–water partition coefficient (Wildman–Crippen LogP) is 1.57. The normalized spacial score (nSPS) is 37.4. The lowest BCUT2D eigenvalue weighted by Gasteiger charge is -2.28. The number of nitrogens with one attached hydrogen (secondary N) is 2. The number of hydrogen-bond acceptors (Lipinski definition) is 2. The van der Waals surface area contributed by atoms with Crippen LogP contribution in [0.5, 0.6) is 0 Å². The second-order valence-electron chi connectivity index (χ2n) is 5.21. The molecule has 2 rings (SSSR count). The highest BCUT2D eigenvalue weighted by Gasteiger charge is 2.34. The number of halogens is 1. The molecule has 1 heterocycles. The first kappa shape index (κ1) is 13.8. The summed E-state index contributed by atoms with van der Waals surface area (Å²) in [6, 6.07) is 0.343. The fraction of sp³-hybridized carbons (Fsp3) is 0.917. The molecule has 4 atom stereocenters. The van der Waals surface area contributed by atoms with Crippen molar-refractivity contribution in [1.29, 1.82) is 0 Å². The Morgan fingerprint density at radius 2 is 2.12 bits per heavy atom. The molecular weight excluding hydrogens is 224 g/mol. The third kappa shape index (κ3) is 3.36. The van der Waals surface area contributed by atoms with Crippen LogP contribution < -0.4 is 10.6 Å². The summed E-state index contributed by atoms with van der Waals surface area (Å²) in [4.78, 5) is 11.9. The van der Waals surface area contributed by atoms with Gasteiger partial charge >= 0.3 is 0 Å². The number of carbonyl (C=O) groups is 1. The van der Waals surface area contributed by atoms with Gasteiger partial charge in [0.2, 0.25) is 5.91 Å². The molecule has 2 aliphatic rings. The summed E-state index contributed by atoms with van der Waals surface area (Å²) in [6.07, 6.45) is 3.46. The standard InChI is InChI=1S/C12H22N2O.ClH/c1-8-6-10(8)7-14-12(15)11-4-3-5-13-9(11)2;/h8-11,13H,3-7H2,1-2H3,(H,14,15);1H/t8?,9-,10?,11-;/m1./s1. The van der Waals surface area contributed by atoms with Crippen LogP contribution in [0.15, 0.2) is 0 Å². The molecule has 2 unspecified atom stereocenters. The first-order chi connectivity index (χ1) is 7.18. The number of amides is 1. The summed E-state index contributed by atoms with van der Waals surface area (Å²) in [6.45, 7) is 6.32. The van der Waals surface area contributed by atoms with Crippen molar-refractivity contribution in [1.82, 2.24) is 10.6 Å². The molecule has 1 saturated heterocycles. The van der Waals surface area contributed by atoms with E-state index in [1.165, 1.54) is 6.42 Å². The summed E-state index contributed by atoms with van der Waals surface area (Å²) in [5, 5.41) is 6.46. The Hall–Kier alpha value is -0.280. The molecule has 1 amide bonds. The van der Waals surface area contributed by atoms with E-state index in [1.807, 2.05) is 0 Å². The first-order valence-electron chi connectivity index (χ1n) is 6.19. The van der Waals surface area contributed by atoms with Gasteiger partial charge in [0.05, 0.1) is 5.92 Å². The van der Waals surface area contributed by atoms with Gasteiger partial charge < -0.3 is 10.6 Å². The molecule has 0 spiro atoms. The van der Waals surface area contributed by atoms with Crippen molar-refractivity contribution in [3.05, 3.63) is 0 Å². The quantitative estimate of drug-likeness (QED) is 0.794. The molecule has 3 nitrogen and oxygen atoms in total. The van der Waals surface area contributed by atoms with Crippen LogP contribution in [0.4, 0.5) is 0 Å². The maximum Gasteiger partial charge on any atom is 0.224 e. The van der Waals surface area contributed by atoms with Crippen LogP contribution in [0.2, 0.25) is 0 Å². The van der Waals surface area contributed by atoms with Gasteiger partial charge in [0, 0.05) is 12.6 Å². The van der Waals surface area contributed by atoms with Gasteiger partial charge in [-0.25, -0.2) is 0 Å². The number of rotatable bonds is 3. The molecule has 16 heavy (non-hydrogen) atoms.